The topological polar surface area (TPSA) is 137 Å². The van der Waals surface area contributed by atoms with E-state index in [2.05, 4.69) is 36.1 Å². The highest BCUT2D eigenvalue weighted by molar-refractivity contribution is 6.00. The Balaban J connectivity index is 1.41. The summed E-state index contributed by atoms with van der Waals surface area (Å²) in [5.74, 6) is -0.0750. The van der Waals surface area contributed by atoms with Gasteiger partial charge >= 0.3 is 6.03 Å². The van der Waals surface area contributed by atoms with Gasteiger partial charge in [-0.15, -0.1) is 0 Å². The lowest BCUT2D eigenvalue weighted by Crippen LogP contribution is -2.37. The summed E-state index contributed by atoms with van der Waals surface area (Å²) in [5.41, 5.74) is 7.40. The summed E-state index contributed by atoms with van der Waals surface area (Å²) in [5, 5.41) is 11.2. The van der Waals surface area contributed by atoms with Gasteiger partial charge in [0.15, 0.2) is 0 Å². The Hall–Kier alpha value is -4.25. The molecule has 1 saturated heterocycles. The van der Waals surface area contributed by atoms with E-state index in [1.807, 2.05) is 6.92 Å². The Morgan fingerprint density at radius 1 is 1.05 bits per heavy atom. The lowest BCUT2D eigenvalue weighted by molar-refractivity contribution is 0.0947. The van der Waals surface area contributed by atoms with Crippen molar-refractivity contribution in [1.82, 2.24) is 20.2 Å². The minimum absolute atomic E-state index is 0.00580. The van der Waals surface area contributed by atoms with Gasteiger partial charge in [0.25, 0.3) is 5.91 Å². The van der Waals surface area contributed by atoms with Crippen LogP contribution >= 0.6 is 0 Å². The van der Waals surface area contributed by atoms with E-state index in [4.69, 9.17) is 5.73 Å². The number of pyridine rings is 2. The van der Waals surface area contributed by atoms with Gasteiger partial charge in [0.2, 0.25) is 0 Å². The third-order valence-corrected chi connectivity index (χ3v) is 6.20. The number of hydrogen-bond donors (Lipinski definition) is 5. The summed E-state index contributed by atoms with van der Waals surface area (Å²) in [7, 11) is 0. The number of carbonyl (C=O) groups is 2. The van der Waals surface area contributed by atoms with Crippen LogP contribution in [0.1, 0.15) is 36.5 Å². The fourth-order valence-corrected chi connectivity index (χ4v) is 4.25. The number of rotatable bonds is 9. The molecular weight excluding hydrogens is 487 g/mol. The molecule has 0 radical (unpaired) electrons. The fourth-order valence-electron chi connectivity index (χ4n) is 4.25. The number of urea groups is 1. The van der Waals surface area contributed by atoms with E-state index >= 15 is 0 Å². The minimum Gasteiger partial charge on any atom is -0.384 e. The maximum absolute atomic E-state index is 14.9. The lowest BCUT2D eigenvalue weighted by Gasteiger charge is -2.26. The van der Waals surface area contributed by atoms with Crippen LogP contribution in [0.4, 0.5) is 32.2 Å². The molecule has 3 amide bonds. The SMILES string of the molecule is CCNc1nc(-c2ccc(NC(=O)Nc3ccc(N)nc3)c(F)c2)ccc1C(=O)NCCN1CCCCC1. The maximum atomic E-state index is 14.9. The summed E-state index contributed by atoms with van der Waals surface area (Å²) in [4.78, 5) is 35.9. The zero-order valence-electron chi connectivity index (χ0n) is 21.4. The highest BCUT2D eigenvalue weighted by Crippen LogP contribution is 2.26. The Labute approximate surface area is 221 Å². The van der Waals surface area contributed by atoms with Gasteiger partial charge < -0.3 is 31.9 Å². The fraction of sp³-hybridized carbons (Fsp3) is 0.333. The van der Waals surface area contributed by atoms with E-state index in [0.717, 1.165) is 19.6 Å². The Bertz CT molecular complexity index is 1260. The number of hydrogen-bond acceptors (Lipinski definition) is 7. The first-order valence-electron chi connectivity index (χ1n) is 12.8. The first kappa shape index (κ1) is 26.8. The van der Waals surface area contributed by atoms with Gasteiger partial charge in [0.1, 0.15) is 17.5 Å². The van der Waals surface area contributed by atoms with E-state index in [1.165, 1.54) is 37.6 Å². The number of amides is 3. The number of likely N-dealkylation sites (tertiary alicyclic amines) is 1. The van der Waals surface area contributed by atoms with Crippen molar-refractivity contribution in [3.8, 4) is 11.3 Å². The summed E-state index contributed by atoms with van der Waals surface area (Å²) < 4.78 is 14.9. The number of piperidine rings is 1. The molecule has 6 N–H and O–H groups in total. The van der Waals surface area contributed by atoms with Crippen molar-refractivity contribution in [2.24, 2.45) is 0 Å². The van der Waals surface area contributed by atoms with Gasteiger partial charge in [-0.3, -0.25) is 4.79 Å². The van der Waals surface area contributed by atoms with Crippen molar-refractivity contribution in [2.45, 2.75) is 26.2 Å². The van der Waals surface area contributed by atoms with Crippen LogP contribution in [0.15, 0.2) is 48.7 Å². The van der Waals surface area contributed by atoms with Crippen LogP contribution in [-0.2, 0) is 0 Å². The van der Waals surface area contributed by atoms with Crippen LogP contribution in [0.2, 0.25) is 0 Å². The van der Waals surface area contributed by atoms with Crippen molar-refractivity contribution in [2.75, 3.05) is 54.4 Å². The predicted molar refractivity (Wildman–Crippen MR) is 148 cm³/mol. The number of nitrogens with one attached hydrogen (secondary N) is 4. The molecule has 1 fully saturated rings. The quantitative estimate of drug-likeness (QED) is 0.286. The molecule has 0 atom stereocenters. The van der Waals surface area contributed by atoms with Gasteiger partial charge in [0, 0.05) is 25.2 Å². The molecule has 3 aromatic rings. The largest absolute Gasteiger partial charge is 0.384 e. The number of nitrogen functional groups attached to an aromatic ring is 1. The number of carbonyl (C=O) groups excluding carboxylic acids is 2. The number of benzene rings is 1. The van der Waals surface area contributed by atoms with Crippen LogP contribution in [0.5, 0.6) is 0 Å². The molecule has 11 heteroatoms. The standard InChI is InChI=1S/C27H33FN8O2/c1-2-30-25-20(26(37)31-12-15-36-13-4-3-5-14-36)8-10-22(34-25)18-6-9-23(21(28)16-18)35-27(38)33-19-7-11-24(29)32-17-19/h6-11,16-17H,2-5,12-15H2,1H3,(H2,29,32)(H,30,34)(H,31,37)(H2,33,35,38). The average molecular weight is 521 g/mol. The molecule has 1 aromatic carbocycles. The zero-order valence-corrected chi connectivity index (χ0v) is 21.4. The van der Waals surface area contributed by atoms with Gasteiger partial charge in [-0.2, -0.15) is 0 Å². The number of aromatic nitrogens is 2. The summed E-state index contributed by atoms with van der Waals surface area (Å²) in [6.45, 7) is 6.02. The van der Waals surface area contributed by atoms with Crippen molar-refractivity contribution in [3.05, 3.63) is 60.0 Å². The number of anilines is 4. The molecule has 0 bridgehead atoms. The number of nitrogens with two attached hydrogens (primary N) is 1. The van der Waals surface area contributed by atoms with Crippen LogP contribution in [0.25, 0.3) is 11.3 Å². The number of nitrogens with zero attached hydrogens (tertiary/aromatic N) is 3. The molecule has 0 spiro atoms. The molecule has 0 aliphatic carbocycles. The molecule has 0 unspecified atom stereocenters. The second-order valence-electron chi connectivity index (χ2n) is 9.03. The predicted octanol–water partition coefficient (Wildman–Crippen LogP) is 4.16. The molecule has 1 aliphatic rings. The van der Waals surface area contributed by atoms with E-state index in [9.17, 15) is 14.0 Å². The van der Waals surface area contributed by atoms with Crippen molar-refractivity contribution in [1.29, 1.82) is 0 Å². The van der Waals surface area contributed by atoms with Crippen molar-refractivity contribution in [3.63, 3.8) is 0 Å². The van der Waals surface area contributed by atoms with Crippen LogP contribution < -0.4 is 27.0 Å². The third-order valence-electron chi connectivity index (χ3n) is 6.20. The van der Waals surface area contributed by atoms with Crippen LogP contribution in [0.3, 0.4) is 0 Å². The molecule has 200 valence electrons. The second kappa shape index (κ2) is 12.8. The summed E-state index contributed by atoms with van der Waals surface area (Å²) >= 11 is 0. The summed E-state index contributed by atoms with van der Waals surface area (Å²) in [6.07, 6.45) is 5.08. The Morgan fingerprint density at radius 2 is 1.87 bits per heavy atom. The van der Waals surface area contributed by atoms with Crippen molar-refractivity contribution >= 4 is 34.9 Å². The third kappa shape index (κ3) is 7.16. The zero-order chi connectivity index (χ0) is 26.9. The molecule has 1 aliphatic heterocycles. The first-order chi connectivity index (χ1) is 18.4. The van der Waals surface area contributed by atoms with E-state index < -0.39 is 11.8 Å². The average Bonchev–Trinajstić information content (AvgIpc) is 2.92. The molecular formula is C27H33FN8O2. The monoisotopic (exact) mass is 520 g/mol. The second-order valence-corrected chi connectivity index (χ2v) is 9.03. The Morgan fingerprint density at radius 3 is 2.58 bits per heavy atom. The van der Waals surface area contributed by atoms with Gasteiger partial charge in [-0.25, -0.2) is 19.2 Å². The lowest BCUT2D eigenvalue weighted by atomic mass is 10.1. The molecule has 10 nitrogen and oxygen atoms in total. The van der Waals surface area contributed by atoms with E-state index in [1.54, 1.807) is 30.3 Å². The van der Waals surface area contributed by atoms with Gasteiger partial charge in [-0.1, -0.05) is 12.5 Å². The molecule has 0 saturated carbocycles. The molecule has 4 rings (SSSR count). The molecule has 3 heterocycles. The van der Waals surface area contributed by atoms with E-state index in [-0.39, 0.29) is 11.6 Å². The normalized spacial score (nSPS) is 13.5. The van der Waals surface area contributed by atoms with E-state index in [0.29, 0.717) is 47.2 Å². The smallest absolute Gasteiger partial charge is 0.323 e. The molecule has 2 aromatic heterocycles. The van der Waals surface area contributed by atoms with Crippen molar-refractivity contribution < 1.29 is 14.0 Å². The Kier molecular flexibility index (Phi) is 9.04. The van der Waals surface area contributed by atoms with Crippen LogP contribution in [-0.4, -0.2) is 59.5 Å². The maximum Gasteiger partial charge on any atom is 0.323 e. The van der Waals surface area contributed by atoms with Gasteiger partial charge in [0.05, 0.1) is 28.8 Å². The van der Waals surface area contributed by atoms with Gasteiger partial charge in [-0.05, 0) is 69.3 Å². The molecule has 38 heavy (non-hydrogen) atoms. The van der Waals surface area contributed by atoms with Crippen LogP contribution in [0, 0.1) is 5.82 Å². The first-order valence-corrected chi connectivity index (χ1v) is 12.8. The highest BCUT2D eigenvalue weighted by atomic mass is 19.1. The number of halogens is 1. The highest BCUT2D eigenvalue weighted by Gasteiger charge is 2.16. The summed E-state index contributed by atoms with van der Waals surface area (Å²) in [6, 6.07) is 10.3. The minimum atomic E-state index is -0.626.